The highest BCUT2D eigenvalue weighted by molar-refractivity contribution is 5.84. The van der Waals surface area contributed by atoms with Gasteiger partial charge in [0.15, 0.2) is 6.61 Å². The lowest BCUT2D eigenvalue weighted by Crippen LogP contribution is -2.44. The first-order chi connectivity index (χ1) is 11.0. The van der Waals surface area contributed by atoms with Crippen LogP contribution >= 0.6 is 0 Å². The van der Waals surface area contributed by atoms with Crippen molar-refractivity contribution < 1.29 is 19.1 Å². The lowest BCUT2D eigenvalue weighted by Gasteiger charge is -2.34. The van der Waals surface area contributed by atoms with Crippen LogP contribution in [0.4, 0.5) is 10.5 Å². The second-order valence-corrected chi connectivity index (χ2v) is 6.17. The number of carbonyl (C=O) groups excluding carboxylic acids is 2. The number of nitrogens with one attached hydrogen (secondary N) is 1. The predicted molar refractivity (Wildman–Crippen MR) is 87.5 cm³/mol. The number of hydrogen-bond acceptors (Lipinski definition) is 4. The number of nitrogens with zero attached hydrogens (tertiary/aromatic N) is 1. The van der Waals surface area contributed by atoms with Gasteiger partial charge in [-0.1, -0.05) is 13.8 Å². The molecule has 0 aromatic heterocycles. The summed E-state index contributed by atoms with van der Waals surface area (Å²) < 4.78 is 10.1. The zero-order valence-corrected chi connectivity index (χ0v) is 13.9. The first kappa shape index (κ1) is 17.1. The summed E-state index contributed by atoms with van der Waals surface area (Å²) in [6.45, 7) is 5.97. The van der Waals surface area contributed by atoms with Gasteiger partial charge in [0.05, 0.1) is 7.11 Å². The molecular weight excluding hydrogens is 296 g/mol. The van der Waals surface area contributed by atoms with Gasteiger partial charge in [-0.05, 0) is 42.5 Å². The Balaban J connectivity index is 1.83. The van der Waals surface area contributed by atoms with Gasteiger partial charge in [0.2, 0.25) is 0 Å². The summed E-state index contributed by atoms with van der Waals surface area (Å²) in [5, 5.41) is 2.55. The maximum atomic E-state index is 12.2. The highest BCUT2D eigenvalue weighted by Gasteiger charge is 2.25. The Morgan fingerprint density at radius 2 is 1.78 bits per heavy atom. The van der Waals surface area contributed by atoms with E-state index >= 15 is 0 Å². The van der Waals surface area contributed by atoms with Gasteiger partial charge < -0.3 is 14.4 Å². The van der Waals surface area contributed by atoms with Gasteiger partial charge in [0.1, 0.15) is 5.75 Å². The summed E-state index contributed by atoms with van der Waals surface area (Å²) >= 11 is 0. The lowest BCUT2D eigenvalue weighted by molar-refractivity contribution is -0.136. The second kappa shape index (κ2) is 7.85. The van der Waals surface area contributed by atoms with Gasteiger partial charge >= 0.3 is 6.09 Å². The molecule has 1 heterocycles. The summed E-state index contributed by atoms with van der Waals surface area (Å²) in [4.78, 5) is 25.2. The van der Waals surface area contributed by atoms with Gasteiger partial charge in [-0.2, -0.15) is 0 Å². The van der Waals surface area contributed by atoms with Crippen LogP contribution in [0.2, 0.25) is 0 Å². The molecule has 1 N–H and O–H groups in total. The highest BCUT2D eigenvalue weighted by atomic mass is 16.5. The van der Waals surface area contributed by atoms with Crippen LogP contribution in [0.15, 0.2) is 24.3 Å². The van der Waals surface area contributed by atoms with Crippen molar-refractivity contribution in [1.82, 2.24) is 4.90 Å². The fourth-order valence-electron chi connectivity index (χ4n) is 2.91. The van der Waals surface area contributed by atoms with E-state index in [1.807, 2.05) is 4.90 Å². The van der Waals surface area contributed by atoms with Crippen LogP contribution in [0.25, 0.3) is 0 Å². The first-order valence-corrected chi connectivity index (χ1v) is 7.83. The van der Waals surface area contributed by atoms with E-state index in [0.717, 1.165) is 13.1 Å². The number of carbonyl (C=O) groups is 2. The minimum Gasteiger partial charge on any atom is -0.484 e. The van der Waals surface area contributed by atoms with Crippen molar-refractivity contribution in [2.75, 3.05) is 32.1 Å². The molecule has 1 aromatic carbocycles. The molecule has 23 heavy (non-hydrogen) atoms. The number of anilines is 1. The minimum absolute atomic E-state index is 0.0140. The van der Waals surface area contributed by atoms with Crippen molar-refractivity contribution >= 4 is 17.7 Å². The van der Waals surface area contributed by atoms with E-state index in [0.29, 0.717) is 23.3 Å². The van der Waals surface area contributed by atoms with Crippen LogP contribution in [0.1, 0.15) is 20.3 Å². The van der Waals surface area contributed by atoms with Gasteiger partial charge in [0.25, 0.3) is 5.91 Å². The molecule has 2 atom stereocenters. The molecule has 0 radical (unpaired) electrons. The number of methoxy groups -OCH3 is 1. The summed E-state index contributed by atoms with van der Waals surface area (Å²) in [6.07, 6.45) is 0.640. The smallest absolute Gasteiger partial charge is 0.411 e. The molecule has 1 fully saturated rings. The van der Waals surface area contributed by atoms with Crippen LogP contribution in [-0.4, -0.2) is 43.7 Å². The molecule has 2 unspecified atom stereocenters. The molecule has 6 nitrogen and oxygen atoms in total. The first-order valence-electron chi connectivity index (χ1n) is 7.83. The third kappa shape index (κ3) is 5.16. The fraction of sp³-hybridized carbons (Fsp3) is 0.529. The molecule has 2 amide bonds. The predicted octanol–water partition coefficient (Wildman–Crippen LogP) is 2.75. The van der Waals surface area contributed by atoms with Crippen LogP contribution in [0.5, 0.6) is 5.75 Å². The van der Waals surface area contributed by atoms with Gasteiger partial charge in [-0.15, -0.1) is 0 Å². The number of benzene rings is 1. The van der Waals surface area contributed by atoms with Crippen molar-refractivity contribution in [1.29, 1.82) is 0 Å². The Labute approximate surface area is 136 Å². The topological polar surface area (TPSA) is 67.9 Å². The number of likely N-dealkylation sites (tertiary alicyclic amines) is 1. The third-order valence-electron chi connectivity index (χ3n) is 3.87. The molecule has 0 spiro atoms. The normalized spacial score (nSPS) is 20.7. The molecule has 6 heteroatoms. The molecule has 0 saturated carbocycles. The molecule has 2 rings (SSSR count). The number of piperidine rings is 1. The van der Waals surface area contributed by atoms with Gasteiger partial charge in [0, 0.05) is 18.8 Å². The standard InChI is InChI=1S/C17H24N2O4/c1-12-8-13(2)10-19(9-12)16(20)11-23-15-6-4-14(5-7-15)18-17(21)22-3/h4-7,12-13H,8-11H2,1-3H3,(H,18,21). The van der Waals surface area contributed by atoms with Crippen molar-refractivity contribution in [3.8, 4) is 5.75 Å². The van der Waals surface area contributed by atoms with Crippen LogP contribution in [0.3, 0.4) is 0 Å². The van der Waals surface area contributed by atoms with E-state index in [-0.39, 0.29) is 12.5 Å². The van der Waals surface area contributed by atoms with Crippen molar-refractivity contribution in [2.24, 2.45) is 11.8 Å². The third-order valence-corrected chi connectivity index (χ3v) is 3.87. The number of ether oxygens (including phenoxy) is 2. The Morgan fingerprint density at radius 1 is 1.17 bits per heavy atom. The number of amides is 2. The minimum atomic E-state index is -0.526. The van der Waals surface area contributed by atoms with Crippen LogP contribution in [0, 0.1) is 11.8 Å². The summed E-state index contributed by atoms with van der Waals surface area (Å²) in [6, 6.07) is 6.81. The van der Waals surface area contributed by atoms with E-state index in [2.05, 4.69) is 23.9 Å². The largest absolute Gasteiger partial charge is 0.484 e. The lowest BCUT2D eigenvalue weighted by atomic mass is 9.92. The van der Waals surface area contributed by atoms with Crippen LogP contribution < -0.4 is 10.1 Å². The molecule has 126 valence electrons. The molecular formula is C17H24N2O4. The van der Waals surface area contributed by atoms with Crippen molar-refractivity contribution in [3.05, 3.63) is 24.3 Å². The number of rotatable bonds is 4. The zero-order valence-electron chi connectivity index (χ0n) is 13.9. The van der Waals surface area contributed by atoms with E-state index in [9.17, 15) is 9.59 Å². The van der Waals surface area contributed by atoms with E-state index in [4.69, 9.17) is 4.74 Å². The second-order valence-electron chi connectivity index (χ2n) is 6.17. The molecule has 0 bridgehead atoms. The maximum absolute atomic E-state index is 12.2. The quantitative estimate of drug-likeness (QED) is 0.926. The average Bonchev–Trinajstić information content (AvgIpc) is 2.52. The molecule has 1 aromatic rings. The molecule has 0 aliphatic carbocycles. The Bertz CT molecular complexity index is 534. The fourth-order valence-corrected chi connectivity index (χ4v) is 2.91. The van der Waals surface area contributed by atoms with Crippen molar-refractivity contribution in [2.45, 2.75) is 20.3 Å². The average molecular weight is 320 g/mol. The van der Waals surface area contributed by atoms with Gasteiger partial charge in [-0.3, -0.25) is 10.1 Å². The van der Waals surface area contributed by atoms with E-state index in [1.54, 1.807) is 24.3 Å². The Kier molecular flexibility index (Phi) is 5.84. The summed E-state index contributed by atoms with van der Waals surface area (Å²) in [5.74, 6) is 1.67. The van der Waals surface area contributed by atoms with Gasteiger partial charge in [-0.25, -0.2) is 4.79 Å². The molecule has 1 aliphatic rings. The summed E-state index contributed by atoms with van der Waals surface area (Å²) in [5.41, 5.74) is 0.606. The molecule has 1 saturated heterocycles. The summed E-state index contributed by atoms with van der Waals surface area (Å²) in [7, 11) is 1.31. The Morgan fingerprint density at radius 3 is 2.35 bits per heavy atom. The highest BCUT2D eigenvalue weighted by Crippen LogP contribution is 2.21. The van der Waals surface area contributed by atoms with Crippen molar-refractivity contribution in [3.63, 3.8) is 0 Å². The maximum Gasteiger partial charge on any atom is 0.411 e. The monoisotopic (exact) mass is 320 g/mol. The van der Waals surface area contributed by atoms with Crippen LogP contribution in [-0.2, 0) is 9.53 Å². The van der Waals surface area contributed by atoms with E-state index in [1.165, 1.54) is 13.5 Å². The zero-order chi connectivity index (χ0) is 16.8. The number of hydrogen-bond donors (Lipinski definition) is 1. The van der Waals surface area contributed by atoms with E-state index < -0.39 is 6.09 Å². The SMILES string of the molecule is COC(=O)Nc1ccc(OCC(=O)N2CC(C)CC(C)C2)cc1. The Hall–Kier alpha value is -2.24. The molecule has 1 aliphatic heterocycles.